The topological polar surface area (TPSA) is 106 Å². The van der Waals surface area contributed by atoms with Crippen molar-refractivity contribution in [3.63, 3.8) is 0 Å². The second kappa shape index (κ2) is 8.32. The van der Waals surface area contributed by atoms with Crippen molar-refractivity contribution in [3.05, 3.63) is 53.6 Å². The second-order valence-electron chi connectivity index (χ2n) is 6.66. The van der Waals surface area contributed by atoms with Crippen LogP contribution >= 0.6 is 0 Å². The highest BCUT2D eigenvalue weighted by molar-refractivity contribution is 6.09. The Morgan fingerprint density at radius 3 is 2.37 bits per heavy atom. The fraction of sp³-hybridized carbons (Fsp3) is 0.286. The molecule has 1 aliphatic rings. The Kier molecular flexibility index (Phi) is 5.81. The lowest BCUT2D eigenvalue weighted by atomic mass is 9.92. The van der Waals surface area contributed by atoms with E-state index in [9.17, 15) is 14.4 Å². The molecule has 0 aromatic heterocycles. The predicted molar refractivity (Wildman–Crippen MR) is 107 cm³/mol. The molecule has 2 N–H and O–H groups in total. The van der Waals surface area contributed by atoms with E-state index in [2.05, 4.69) is 10.7 Å². The van der Waals surface area contributed by atoms with Crippen LogP contribution in [0.1, 0.15) is 29.8 Å². The van der Waals surface area contributed by atoms with Crippen LogP contribution in [0.4, 0.5) is 4.79 Å². The van der Waals surface area contributed by atoms with E-state index in [1.807, 2.05) is 6.92 Å². The Bertz CT molecular complexity index is 975. The largest absolute Gasteiger partial charge is 0.497 e. The molecule has 3 rings (SSSR count). The number of hydrazine groups is 1. The number of hydrogen-bond acceptors (Lipinski definition) is 6. The van der Waals surface area contributed by atoms with Crippen LogP contribution in [0, 0.1) is 0 Å². The minimum atomic E-state index is -1.33. The van der Waals surface area contributed by atoms with Gasteiger partial charge in [-0.15, -0.1) is 0 Å². The van der Waals surface area contributed by atoms with Gasteiger partial charge in [0.1, 0.15) is 11.3 Å². The summed E-state index contributed by atoms with van der Waals surface area (Å²) in [6.07, 6.45) is 0. The maximum Gasteiger partial charge on any atom is 0.344 e. The van der Waals surface area contributed by atoms with E-state index in [0.717, 1.165) is 0 Å². The van der Waals surface area contributed by atoms with Crippen LogP contribution in [0.3, 0.4) is 0 Å². The zero-order chi connectivity index (χ0) is 21.9. The van der Waals surface area contributed by atoms with Gasteiger partial charge in [0.05, 0.1) is 20.8 Å². The second-order valence-corrected chi connectivity index (χ2v) is 6.66. The molecule has 2 aromatic carbocycles. The summed E-state index contributed by atoms with van der Waals surface area (Å²) in [7, 11) is 2.99. The number of methoxy groups -OCH3 is 2. The van der Waals surface area contributed by atoms with E-state index in [1.165, 1.54) is 26.4 Å². The molecule has 30 heavy (non-hydrogen) atoms. The van der Waals surface area contributed by atoms with E-state index in [4.69, 9.17) is 14.2 Å². The van der Waals surface area contributed by atoms with Gasteiger partial charge in [-0.05, 0) is 49.7 Å². The van der Waals surface area contributed by atoms with Crippen LogP contribution < -0.4 is 25.0 Å². The lowest BCUT2D eigenvalue weighted by Gasteiger charge is -2.22. The first-order valence-electron chi connectivity index (χ1n) is 9.27. The summed E-state index contributed by atoms with van der Waals surface area (Å²) in [4.78, 5) is 38.1. The van der Waals surface area contributed by atoms with Crippen LogP contribution in [-0.2, 0) is 10.3 Å². The standard InChI is InChI=1S/C21H23N3O6/c1-5-30-16-11-6-13(12-17(16)29-4)18(25)23-24-19(26)21(2,22-20(24)27)14-7-9-15(28-3)10-8-14/h6-12H,5H2,1-4H3,(H,22,27)(H,23,25)/t21-/m1/s1. The van der Waals surface area contributed by atoms with Gasteiger partial charge in [-0.2, -0.15) is 5.01 Å². The van der Waals surface area contributed by atoms with Crippen molar-refractivity contribution in [3.8, 4) is 17.2 Å². The molecule has 1 aliphatic heterocycles. The van der Waals surface area contributed by atoms with Crippen molar-refractivity contribution in [2.75, 3.05) is 20.8 Å². The van der Waals surface area contributed by atoms with Crippen LogP contribution in [0.5, 0.6) is 17.2 Å². The number of urea groups is 1. The van der Waals surface area contributed by atoms with E-state index in [0.29, 0.717) is 34.4 Å². The zero-order valence-electron chi connectivity index (χ0n) is 17.1. The Hall–Kier alpha value is -3.75. The number of hydrogen-bond donors (Lipinski definition) is 2. The minimum Gasteiger partial charge on any atom is -0.497 e. The maximum absolute atomic E-state index is 13.0. The van der Waals surface area contributed by atoms with Gasteiger partial charge < -0.3 is 19.5 Å². The number of carbonyl (C=O) groups is 3. The third kappa shape index (κ3) is 3.73. The maximum atomic E-state index is 13.0. The zero-order valence-corrected chi connectivity index (χ0v) is 17.1. The Balaban J connectivity index is 1.80. The van der Waals surface area contributed by atoms with Crippen LogP contribution in [0.15, 0.2) is 42.5 Å². The Morgan fingerprint density at radius 1 is 1.07 bits per heavy atom. The van der Waals surface area contributed by atoms with Crippen molar-refractivity contribution in [1.82, 2.24) is 15.8 Å². The van der Waals surface area contributed by atoms with Gasteiger partial charge >= 0.3 is 6.03 Å². The average Bonchev–Trinajstić information content (AvgIpc) is 2.98. The van der Waals surface area contributed by atoms with Crippen molar-refractivity contribution in [2.45, 2.75) is 19.4 Å². The predicted octanol–water partition coefficient (Wildman–Crippen LogP) is 2.21. The van der Waals surface area contributed by atoms with E-state index < -0.39 is 23.4 Å². The first-order chi connectivity index (χ1) is 14.3. The van der Waals surface area contributed by atoms with Crippen molar-refractivity contribution >= 4 is 17.8 Å². The van der Waals surface area contributed by atoms with Gasteiger partial charge in [0.15, 0.2) is 11.5 Å². The molecule has 0 unspecified atom stereocenters. The molecule has 0 bridgehead atoms. The van der Waals surface area contributed by atoms with E-state index >= 15 is 0 Å². The van der Waals surface area contributed by atoms with Gasteiger partial charge in [-0.3, -0.25) is 15.0 Å². The molecule has 9 nitrogen and oxygen atoms in total. The van der Waals surface area contributed by atoms with Gasteiger partial charge in [0, 0.05) is 5.56 Å². The number of nitrogens with one attached hydrogen (secondary N) is 2. The third-order valence-corrected chi connectivity index (χ3v) is 4.80. The summed E-state index contributed by atoms with van der Waals surface area (Å²) in [5, 5.41) is 3.30. The molecular weight excluding hydrogens is 390 g/mol. The quantitative estimate of drug-likeness (QED) is 0.674. The number of benzene rings is 2. The SMILES string of the molecule is CCOc1ccc(C(=O)NN2C(=O)N[C@](C)(c3ccc(OC)cc3)C2=O)cc1OC. The molecule has 1 saturated heterocycles. The lowest BCUT2D eigenvalue weighted by molar-refractivity contribution is -0.132. The minimum absolute atomic E-state index is 0.203. The molecule has 1 fully saturated rings. The molecule has 0 aliphatic carbocycles. The number of ether oxygens (including phenoxy) is 3. The Morgan fingerprint density at radius 2 is 1.77 bits per heavy atom. The summed E-state index contributed by atoms with van der Waals surface area (Å²) >= 11 is 0. The average molecular weight is 413 g/mol. The molecule has 0 radical (unpaired) electrons. The van der Waals surface area contributed by atoms with Crippen molar-refractivity contribution in [1.29, 1.82) is 0 Å². The molecule has 2 aromatic rings. The van der Waals surface area contributed by atoms with Gasteiger partial charge in [-0.25, -0.2) is 4.79 Å². The molecule has 0 saturated carbocycles. The molecule has 1 heterocycles. The number of nitrogens with zero attached hydrogens (tertiary/aromatic N) is 1. The fourth-order valence-corrected chi connectivity index (χ4v) is 3.11. The molecule has 9 heteroatoms. The number of carbonyl (C=O) groups excluding carboxylic acids is 3. The summed E-state index contributed by atoms with van der Waals surface area (Å²) in [5.41, 5.74) is 1.79. The van der Waals surface area contributed by atoms with Crippen molar-refractivity contribution < 1.29 is 28.6 Å². The normalized spacial score (nSPS) is 18.1. The smallest absolute Gasteiger partial charge is 0.344 e. The van der Waals surface area contributed by atoms with Gasteiger partial charge in [0.25, 0.3) is 11.8 Å². The Labute approximate surface area is 173 Å². The summed E-state index contributed by atoms with van der Waals surface area (Å²) in [6.45, 7) is 3.84. The third-order valence-electron chi connectivity index (χ3n) is 4.80. The van der Waals surface area contributed by atoms with E-state index in [1.54, 1.807) is 37.3 Å². The highest BCUT2D eigenvalue weighted by atomic mass is 16.5. The van der Waals surface area contributed by atoms with Crippen molar-refractivity contribution in [2.24, 2.45) is 0 Å². The number of imide groups is 1. The number of amides is 4. The van der Waals surface area contributed by atoms with Gasteiger partial charge in [-0.1, -0.05) is 12.1 Å². The number of rotatable bonds is 7. The summed E-state index contributed by atoms with van der Waals surface area (Å²) < 4.78 is 15.8. The summed E-state index contributed by atoms with van der Waals surface area (Å²) in [6, 6.07) is 10.6. The van der Waals surface area contributed by atoms with Crippen LogP contribution in [0.25, 0.3) is 0 Å². The lowest BCUT2D eigenvalue weighted by Crippen LogP contribution is -2.47. The molecular formula is C21H23N3O6. The van der Waals surface area contributed by atoms with Gasteiger partial charge in [0.2, 0.25) is 0 Å². The fourth-order valence-electron chi connectivity index (χ4n) is 3.11. The molecule has 0 spiro atoms. The molecule has 1 atom stereocenters. The highest BCUT2D eigenvalue weighted by Gasteiger charge is 2.50. The molecule has 4 amide bonds. The van der Waals surface area contributed by atoms with Crippen LogP contribution in [-0.4, -0.2) is 43.7 Å². The monoisotopic (exact) mass is 413 g/mol. The molecule has 158 valence electrons. The van der Waals surface area contributed by atoms with Crippen LogP contribution in [0.2, 0.25) is 0 Å². The summed E-state index contributed by atoms with van der Waals surface area (Å²) in [5.74, 6) is 0.222. The van der Waals surface area contributed by atoms with E-state index in [-0.39, 0.29) is 5.56 Å². The highest BCUT2D eigenvalue weighted by Crippen LogP contribution is 2.30. The first-order valence-corrected chi connectivity index (χ1v) is 9.27. The first kappa shape index (κ1) is 21.0.